The number of nitrogens with zero attached hydrogens (tertiary/aromatic N) is 5. The molecule has 8 nitrogen and oxygen atoms in total. The largest absolute Gasteiger partial charge is 0.361 e. The molecule has 0 aromatic carbocycles. The summed E-state index contributed by atoms with van der Waals surface area (Å²) in [4.78, 5) is 33.1. The molecular weight excluding hydrogens is 346 g/mol. The lowest BCUT2D eigenvalue weighted by molar-refractivity contribution is -0.140. The van der Waals surface area contributed by atoms with Crippen molar-refractivity contribution < 1.29 is 14.1 Å². The van der Waals surface area contributed by atoms with Crippen LogP contribution in [0.1, 0.15) is 41.9 Å². The van der Waals surface area contributed by atoms with E-state index < -0.39 is 0 Å². The van der Waals surface area contributed by atoms with E-state index in [-0.39, 0.29) is 17.9 Å². The molecule has 2 amide bonds. The molecule has 2 fully saturated rings. The van der Waals surface area contributed by atoms with E-state index in [4.69, 9.17) is 4.52 Å². The third-order valence-electron chi connectivity index (χ3n) is 5.65. The summed E-state index contributed by atoms with van der Waals surface area (Å²) in [5.41, 5.74) is 0.370. The topological polar surface area (TPSA) is 84.5 Å². The van der Waals surface area contributed by atoms with Crippen LogP contribution in [0.4, 0.5) is 0 Å². The van der Waals surface area contributed by atoms with Gasteiger partial charge in [-0.2, -0.15) is 0 Å². The van der Waals surface area contributed by atoms with Gasteiger partial charge in [-0.05, 0) is 32.1 Å². The molecule has 144 valence electrons. The molecule has 2 aliphatic heterocycles. The van der Waals surface area contributed by atoms with Crippen molar-refractivity contribution in [2.45, 2.75) is 45.2 Å². The molecule has 0 spiro atoms. The Morgan fingerprint density at radius 3 is 2.96 bits per heavy atom. The molecule has 27 heavy (non-hydrogen) atoms. The quantitative estimate of drug-likeness (QED) is 0.799. The summed E-state index contributed by atoms with van der Waals surface area (Å²) in [6.07, 6.45) is 8.66. The lowest BCUT2D eigenvalue weighted by atomic mass is 9.83. The number of hydrogen-bond acceptors (Lipinski definition) is 5. The molecule has 4 rings (SSSR count). The number of fused-ring (bicyclic) bond motifs is 1. The highest BCUT2D eigenvalue weighted by Gasteiger charge is 2.40. The lowest BCUT2D eigenvalue weighted by Crippen LogP contribution is -2.57. The Bertz CT molecular complexity index is 800. The molecule has 2 aromatic heterocycles. The molecule has 4 heterocycles. The number of aryl methyl sites for hydroxylation is 2. The average Bonchev–Trinajstić information content (AvgIpc) is 3.34. The molecule has 0 bridgehead atoms. The highest BCUT2D eigenvalue weighted by atomic mass is 16.5. The monoisotopic (exact) mass is 371 g/mol. The smallest absolute Gasteiger partial charge is 0.276 e. The van der Waals surface area contributed by atoms with Crippen LogP contribution in [0.3, 0.4) is 0 Å². The Morgan fingerprint density at radius 2 is 2.22 bits per heavy atom. The van der Waals surface area contributed by atoms with Crippen LogP contribution < -0.4 is 0 Å². The SMILES string of the molecule is Cc1cc(C(=O)N2CC[C@@H]3[C@@H](CCC(=O)N3CCCn3ccnc3)C2)no1. The van der Waals surface area contributed by atoms with Crippen molar-refractivity contribution in [1.82, 2.24) is 24.5 Å². The number of imidazole rings is 1. The van der Waals surface area contributed by atoms with Gasteiger partial charge in [-0.3, -0.25) is 9.59 Å². The van der Waals surface area contributed by atoms with E-state index >= 15 is 0 Å². The lowest BCUT2D eigenvalue weighted by Gasteiger charge is -2.47. The summed E-state index contributed by atoms with van der Waals surface area (Å²) >= 11 is 0. The van der Waals surface area contributed by atoms with Gasteiger partial charge >= 0.3 is 0 Å². The molecule has 2 atom stereocenters. The van der Waals surface area contributed by atoms with E-state index in [0.29, 0.717) is 36.9 Å². The molecule has 8 heteroatoms. The summed E-state index contributed by atoms with van der Waals surface area (Å²) in [5.74, 6) is 1.14. The fourth-order valence-electron chi connectivity index (χ4n) is 4.30. The van der Waals surface area contributed by atoms with Gasteiger partial charge in [0.2, 0.25) is 5.91 Å². The van der Waals surface area contributed by atoms with Gasteiger partial charge in [0.05, 0.1) is 6.33 Å². The standard InChI is InChI=1S/C19H25N5O3/c1-14-11-16(21-27-14)19(26)23-9-5-17-15(12-23)3-4-18(25)24(17)8-2-7-22-10-6-20-13-22/h6,10-11,13,15,17H,2-5,7-9,12H2,1H3/t15-,17+/m0/s1. The van der Waals surface area contributed by atoms with Gasteiger partial charge in [-0.25, -0.2) is 4.98 Å². The Hall–Kier alpha value is -2.64. The third kappa shape index (κ3) is 3.74. The minimum absolute atomic E-state index is 0.0751. The zero-order chi connectivity index (χ0) is 18.8. The molecule has 0 N–H and O–H groups in total. The van der Waals surface area contributed by atoms with E-state index in [9.17, 15) is 9.59 Å². The molecular formula is C19H25N5O3. The first kappa shape index (κ1) is 17.8. The predicted molar refractivity (Wildman–Crippen MR) is 96.8 cm³/mol. The molecule has 0 unspecified atom stereocenters. The summed E-state index contributed by atoms with van der Waals surface area (Å²) in [6.45, 7) is 4.73. The maximum atomic E-state index is 12.7. The number of carbonyl (C=O) groups excluding carboxylic acids is 2. The average molecular weight is 371 g/mol. The van der Waals surface area contributed by atoms with Gasteiger partial charge < -0.3 is 18.9 Å². The number of piperidine rings is 2. The maximum Gasteiger partial charge on any atom is 0.276 e. The van der Waals surface area contributed by atoms with Gasteiger partial charge in [0.1, 0.15) is 5.76 Å². The van der Waals surface area contributed by atoms with Gasteiger partial charge in [-0.15, -0.1) is 0 Å². The Labute approximate surface area is 158 Å². The summed E-state index contributed by atoms with van der Waals surface area (Å²) < 4.78 is 7.07. The second-order valence-electron chi connectivity index (χ2n) is 7.47. The first-order chi connectivity index (χ1) is 13.1. The fourth-order valence-corrected chi connectivity index (χ4v) is 4.30. The second-order valence-corrected chi connectivity index (χ2v) is 7.47. The normalized spacial score (nSPS) is 22.8. The van der Waals surface area contributed by atoms with Crippen LogP contribution in [-0.4, -0.2) is 62.0 Å². The van der Waals surface area contributed by atoms with Gasteiger partial charge in [0.25, 0.3) is 5.91 Å². The van der Waals surface area contributed by atoms with Crippen LogP contribution >= 0.6 is 0 Å². The molecule has 0 radical (unpaired) electrons. The van der Waals surface area contributed by atoms with Crippen molar-refractivity contribution in [2.75, 3.05) is 19.6 Å². The van der Waals surface area contributed by atoms with E-state index in [1.54, 1.807) is 25.5 Å². The van der Waals surface area contributed by atoms with Crippen LogP contribution in [0, 0.1) is 12.8 Å². The Balaban J connectivity index is 1.36. The molecule has 2 saturated heterocycles. The van der Waals surface area contributed by atoms with Crippen molar-refractivity contribution in [1.29, 1.82) is 0 Å². The molecule has 2 aliphatic rings. The second kappa shape index (κ2) is 7.54. The minimum atomic E-state index is -0.0751. The van der Waals surface area contributed by atoms with Gasteiger partial charge in [0, 0.05) is 57.1 Å². The number of carbonyl (C=O) groups is 2. The van der Waals surface area contributed by atoms with Crippen LogP contribution in [0.25, 0.3) is 0 Å². The highest BCUT2D eigenvalue weighted by molar-refractivity contribution is 5.92. The van der Waals surface area contributed by atoms with Crippen molar-refractivity contribution in [3.05, 3.63) is 36.2 Å². The number of likely N-dealkylation sites (tertiary alicyclic amines) is 2. The van der Waals surface area contributed by atoms with Crippen molar-refractivity contribution >= 4 is 11.8 Å². The Morgan fingerprint density at radius 1 is 1.33 bits per heavy atom. The van der Waals surface area contributed by atoms with Crippen molar-refractivity contribution in [3.8, 4) is 0 Å². The zero-order valence-corrected chi connectivity index (χ0v) is 15.6. The summed E-state index contributed by atoms with van der Waals surface area (Å²) in [6, 6.07) is 1.92. The first-order valence-electron chi connectivity index (χ1n) is 9.59. The van der Waals surface area contributed by atoms with Gasteiger partial charge in [-0.1, -0.05) is 5.16 Å². The summed E-state index contributed by atoms with van der Waals surface area (Å²) in [5, 5.41) is 3.85. The fraction of sp³-hybridized carbons (Fsp3) is 0.579. The van der Waals surface area contributed by atoms with Crippen molar-refractivity contribution in [3.63, 3.8) is 0 Å². The number of rotatable bonds is 5. The predicted octanol–water partition coefficient (Wildman–Crippen LogP) is 1.72. The molecule has 0 saturated carbocycles. The zero-order valence-electron chi connectivity index (χ0n) is 15.6. The van der Waals surface area contributed by atoms with Crippen molar-refractivity contribution in [2.24, 2.45) is 5.92 Å². The minimum Gasteiger partial charge on any atom is -0.361 e. The van der Waals surface area contributed by atoms with E-state index in [2.05, 4.69) is 10.1 Å². The van der Waals surface area contributed by atoms with Gasteiger partial charge in [0.15, 0.2) is 5.69 Å². The van der Waals surface area contributed by atoms with E-state index in [1.807, 2.05) is 20.6 Å². The third-order valence-corrected chi connectivity index (χ3v) is 5.65. The van der Waals surface area contributed by atoms with E-state index in [1.165, 1.54) is 0 Å². The maximum absolute atomic E-state index is 12.7. The van der Waals surface area contributed by atoms with Crippen LogP contribution in [-0.2, 0) is 11.3 Å². The Kier molecular flexibility index (Phi) is 4.96. The van der Waals surface area contributed by atoms with Crippen LogP contribution in [0.15, 0.2) is 29.3 Å². The number of amides is 2. The van der Waals surface area contributed by atoms with E-state index in [0.717, 1.165) is 32.4 Å². The van der Waals surface area contributed by atoms with Crippen LogP contribution in [0.5, 0.6) is 0 Å². The first-order valence-corrected chi connectivity index (χ1v) is 9.59. The number of hydrogen-bond donors (Lipinski definition) is 0. The highest BCUT2D eigenvalue weighted by Crippen LogP contribution is 2.32. The molecule has 2 aromatic rings. The van der Waals surface area contributed by atoms with Crippen LogP contribution in [0.2, 0.25) is 0 Å². The molecule has 0 aliphatic carbocycles. The number of aromatic nitrogens is 3. The summed E-state index contributed by atoms with van der Waals surface area (Å²) in [7, 11) is 0.